The second kappa shape index (κ2) is 5.62. The summed E-state index contributed by atoms with van der Waals surface area (Å²) in [5.74, 6) is 1.24. The Kier molecular flexibility index (Phi) is 3.33. The molecule has 23 heavy (non-hydrogen) atoms. The minimum atomic E-state index is -0.112. The summed E-state index contributed by atoms with van der Waals surface area (Å²) in [7, 11) is 0. The Morgan fingerprint density at radius 1 is 0.913 bits per heavy atom. The molecule has 0 saturated carbocycles. The number of pyridine rings is 1. The summed E-state index contributed by atoms with van der Waals surface area (Å²) in [5.41, 5.74) is 4.28. The Morgan fingerprint density at radius 2 is 1.78 bits per heavy atom. The van der Waals surface area contributed by atoms with Crippen molar-refractivity contribution >= 4 is 11.0 Å². The number of hydrogen-bond donors (Lipinski definition) is 1. The molecule has 3 aromatic heterocycles. The van der Waals surface area contributed by atoms with Gasteiger partial charge in [-0.15, -0.1) is 0 Å². The van der Waals surface area contributed by atoms with Crippen LogP contribution < -0.4 is 0 Å². The third kappa shape index (κ3) is 2.58. The molecular formula is C18H13N3O2. The van der Waals surface area contributed by atoms with E-state index in [4.69, 9.17) is 9.52 Å². The maximum atomic E-state index is 9.11. The Bertz CT molecular complexity index is 964. The van der Waals surface area contributed by atoms with Gasteiger partial charge in [0.2, 0.25) is 0 Å². The van der Waals surface area contributed by atoms with Crippen molar-refractivity contribution < 1.29 is 9.52 Å². The van der Waals surface area contributed by atoms with Crippen LogP contribution in [0, 0.1) is 0 Å². The highest BCUT2D eigenvalue weighted by Gasteiger charge is 2.08. The lowest BCUT2D eigenvalue weighted by molar-refractivity contribution is 0.248. The summed E-state index contributed by atoms with van der Waals surface area (Å²) in [6.07, 6.45) is 5.22. The van der Waals surface area contributed by atoms with Crippen LogP contribution in [-0.2, 0) is 6.61 Å². The number of nitrogens with zero attached hydrogens (tertiary/aromatic N) is 3. The lowest BCUT2D eigenvalue weighted by atomic mass is 10.1. The van der Waals surface area contributed by atoms with Gasteiger partial charge in [-0.2, -0.15) is 0 Å². The number of rotatable bonds is 3. The molecule has 0 atom stereocenters. The summed E-state index contributed by atoms with van der Waals surface area (Å²) < 4.78 is 5.58. The van der Waals surface area contributed by atoms with Gasteiger partial charge < -0.3 is 9.52 Å². The topological polar surface area (TPSA) is 72.0 Å². The predicted octanol–water partition coefficient (Wildman–Crippen LogP) is 3.44. The monoisotopic (exact) mass is 303 g/mol. The van der Waals surface area contributed by atoms with Crippen LogP contribution in [0.15, 0.2) is 65.5 Å². The van der Waals surface area contributed by atoms with E-state index in [1.807, 2.05) is 36.4 Å². The molecule has 5 heteroatoms. The summed E-state index contributed by atoms with van der Waals surface area (Å²) in [6, 6.07) is 13.2. The number of aliphatic hydroxyl groups excluding tert-OH is 1. The fraction of sp³-hybridized carbons (Fsp3) is 0.0556. The largest absolute Gasteiger partial charge is 0.459 e. The van der Waals surface area contributed by atoms with Gasteiger partial charge in [0.1, 0.15) is 18.1 Å². The summed E-state index contributed by atoms with van der Waals surface area (Å²) in [4.78, 5) is 13.2. The molecule has 0 aliphatic carbocycles. The molecule has 4 rings (SSSR count). The van der Waals surface area contributed by atoms with Gasteiger partial charge in [-0.1, -0.05) is 0 Å². The molecule has 0 fully saturated rings. The Hall–Kier alpha value is -3.05. The normalized spacial score (nSPS) is 11.0. The van der Waals surface area contributed by atoms with E-state index in [0.29, 0.717) is 11.5 Å². The summed E-state index contributed by atoms with van der Waals surface area (Å²) in [6.45, 7) is -0.112. The molecule has 4 aromatic rings. The van der Waals surface area contributed by atoms with Crippen LogP contribution >= 0.6 is 0 Å². The maximum Gasteiger partial charge on any atom is 0.134 e. The molecule has 0 radical (unpaired) electrons. The van der Waals surface area contributed by atoms with E-state index >= 15 is 0 Å². The van der Waals surface area contributed by atoms with Gasteiger partial charge >= 0.3 is 0 Å². The highest BCUT2D eigenvalue weighted by atomic mass is 16.4. The second-order valence-corrected chi connectivity index (χ2v) is 5.12. The van der Waals surface area contributed by atoms with Crippen molar-refractivity contribution in [3.63, 3.8) is 0 Å². The summed E-state index contributed by atoms with van der Waals surface area (Å²) >= 11 is 0. The van der Waals surface area contributed by atoms with E-state index in [-0.39, 0.29) is 6.61 Å². The zero-order valence-corrected chi connectivity index (χ0v) is 12.2. The first-order valence-corrected chi connectivity index (χ1v) is 7.20. The third-order valence-electron chi connectivity index (χ3n) is 3.62. The molecule has 0 spiro atoms. The van der Waals surface area contributed by atoms with Crippen molar-refractivity contribution in [2.24, 2.45) is 0 Å². The Balaban J connectivity index is 1.80. The average molecular weight is 303 g/mol. The number of hydrogen-bond acceptors (Lipinski definition) is 5. The van der Waals surface area contributed by atoms with Crippen LogP contribution in [0.1, 0.15) is 5.76 Å². The Labute approximate surface area is 132 Å². The van der Waals surface area contributed by atoms with E-state index in [2.05, 4.69) is 15.0 Å². The lowest BCUT2D eigenvalue weighted by Crippen LogP contribution is -1.89. The molecule has 0 saturated heterocycles. The predicted molar refractivity (Wildman–Crippen MR) is 86.4 cm³/mol. The van der Waals surface area contributed by atoms with E-state index in [9.17, 15) is 0 Å². The van der Waals surface area contributed by atoms with Crippen LogP contribution in [0.4, 0.5) is 0 Å². The minimum absolute atomic E-state index is 0.112. The molecule has 0 aliphatic rings. The van der Waals surface area contributed by atoms with Gasteiger partial charge in [-0.25, -0.2) is 4.98 Å². The molecule has 0 bridgehead atoms. The van der Waals surface area contributed by atoms with Crippen LogP contribution in [-0.4, -0.2) is 20.1 Å². The molecule has 0 aliphatic heterocycles. The van der Waals surface area contributed by atoms with Crippen molar-refractivity contribution in [2.45, 2.75) is 6.61 Å². The highest BCUT2D eigenvalue weighted by molar-refractivity contribution is 5.82. The molecule has 0 unspecified atom stereocenters. The molecule has 112 valence electrons. The molecule has 3 heterocycles. The van der Waals surface area contributed by atoms with Crippen molar-refractivity contribution in [2.75, 3.05) is 0 Å². The first-order valence-electron chi connectivity index (χ1n) is 7.20. The number of benzene rings is 1. The van der Waals surface area contributed by atoms with E-state index < -0.39 is 0 Å². The maximum absolute atomic E-state index is 9.11. The minimum Gasteiger partial charge on any atom is -0.459 e. The number of aromatic nitrogens is 3. The van der Waals surface area contributed by atoms with Crippen molar-refractivity contribution in [3.05, 3.63) is 66.8 Å². The number of aliphatic hydroxyl groups is 1. The molecule has 1 N–H and O–H groups in total. The van der Waals surface area contributed by atoms with Gasteiger partial charge in [0.15, 0.2) is 0 Å². The Morgan fingerprint density at radius 3 is 2.57 bits per heavy atom. The van der Waals surface area contributed by atoms with Gasteiger partial charge in [0, 0.05) is 23.5 Å². The average Bonchev–Trinajstić information content (AvgIpc) is 3.11. The smallest absolute Gasteiger partial charge is 0.134 e. The SMILES string of the molecule is OCc1ccc(-c2ccc3ncc(-c4ccncc4)nc3c2)o1. The van der Waals surface area contributed by atoms with Crippen molar-refractivity contribution in [3.8, 4) is 22.6 Å². The third-order valence-corrected chi connectivity index (χ3v) is 3.62. The zero-order valence-electron chi connectivity index (χ0n) is 12.2. The standard InChI is InChI=1S/C18H13N3O2/c22-11-14-2-4-18(23-14)13-1-3-15-16(9-13)21-17(10-20-15)12-5-7-19-8-6-12/h1-10,22H,11H2. The molecule has 0 amide bonds. The number of fused-ring (bicyclic) bond motifs is 1. The molecular weight excluding hydrogens is 290 g/mol. The van der Waals surface area contributed by atoms with Gasteiger partial charge in [-0.3, -0.25) is 9.97 Å². The van der Waals surface area contributed by atoms with E-state index in [1.54, 1.807) is 24.7 Å². The first-order chi connectivity index (χ1) is 11.3. The van der Waals surface area contributed by atoms with Crippen molar-refractivity contribution in [1.29, 1.82) is 0 Å². The van der Waals surface area contributed by atoms with Crippen LogP contribution in [0.3, 0.4) is 0 Å². The zero-order chi connectivity index (χ0) is 15.6. The summed E-state index contributed by atoms with van der Waals surface area (Å²) in [5, 5.41) is 9.11. The van der Waals surface area contributed by atoms with Crippen molar-refractivity contribution in [1.82, 2.24) is 15.0 Å². The van der Waals surface area contributed by atoms with Crippen LogP contribution in [0.5, 0.6) is 0 Å². The van der Waals surface area contributed by atoms with Crippen LogP contribution in [0.25, 0.3) is 33.6 Å². The molecule has 5 nitrogen and oxygen atoms in total. The highest BCUT2D eigenvalue weighted by Crippen LogP contribution is 2.26. The quantitative estimate of drug-likeness (QED) is 0.627. The number of furan rings is 1. The van der Waals surface area contributed by atoms with E-state index in [0.717, 1.165) is 27.9 Å². The van der Waals surface area contributed by atoms with Gasteiger partial charge in [0.25, 0.3) is 0 Å². The van der Waals surface area contributed by atoms with E-state index in [1.165, 1.54) is 0 Å². The fourth-order valence-electron chi connectivity index (χ4n) is 2.44. The van der Waals surface area contributed by atoms with Gasteiger partial charge in [0.05, 0.1) is 22.9 Å². The first kappa shape index (κ1) is 13.6. The second-order valence-electron chi connectivity index (χ2n) is 5.12. The van der Waals surface area contributed by atoms with Crippen LogP contribution in [0.2, 0.25) is 0 Å². The molecule has 1 aromatic carbocycles. The van der Waals surface area contributed by atoms with Gasteiger partial charge in [-0.05, 0) is 42.5 Å². The lowest BCUT2D eigenvalue weighted by Gasteiger charge is -2.04. The fourth-order valence-corrected chi connectivity index (χ4v) is 2.44.